The quantitative estimate of drug-likeness (QED) is 0.645. The molecule has 0 saturated heterocycles. The van der Waals surface area contributed by atoms with Crippen LogP contribution in [-0.4, -0.2) is 30.4 Å². The number of aryl methyl sites for hydroxylation is 1. The fourth-order valence-corrected chi connectivity index (χ4v) is 2.72. The predicted octanol–water partition coefficient (Wildman–Crippen LogP) is 2.22. The van der Waals surface area contributed by atoms with Crippen molar-refractivity contribution in [2.45, 2.75) is 38.4 Å². The van der Waals surface area contributed by atoms with Gasteiger partial charge in [-0.05, 0) is 40.0 Å². The number of nitrogens with zero attached hydrogens (tertiary/aromatic N) is 5. The molecule has 0 unspecified atom stereocenters. The van der Waals surface area contributed by atoms with Gasteiger partial charge < -0.3 is 4.57 Å². The number of fused-ring (bicyclic) bond motifs is 3. The molecule has 0 N–H and O–H groups in total. The van der Waals surface area contributed by atoms with E-state index in [9.17, 15) is 4.79 Å². The maximum atomic E-state index is 12.8. The number of aromatic nitrogens is 5. The Balaban J connectivity index is 2.48. The minimum absolute atomic E-state index is 0.0481. The Morgan fingerprint density at radius 1 is 1.24 bits per heavy atom. The van der Waals surface area contributed by atoms with Gasteiger partial charge in [-0.25, -0.2) is 4.98 Å². The van der Waals surface area contributed by atoms with Crippen molar-refractivity contribution in [3.05, 3.63) is 28.3 Å². The zero-order valence-electron chi connectivity index (χ0n) is 12.7. The topological polar surface area (TPSA) is 65.1 Å². The summed E-state index contributed by atoms with van der Waals surface area (Å²) < 4.78 is 3.37. The highest BCUT2D eigenvalue weighted by Crippen LogP contribution is 2.19. The van der Waals surface area contributed by atoms with Gasteiger partial charge in [0.05, 0.1) is 16.6 Å². The Bertz CT molecular complexity index is 903. The second-order valence-electron chi connectivity index (χ2n) is 5.93. The summed E-state index contributed by atoms with van der Waals surface area (Å²) in [5.41, 5.74) is 1.10. The van der Waals surface area contributed by atoms with Gasteiger partial charge in [-0.1, -0.05) is 11.8 Å². The largest absolute Gasteiger partial charge is 0.310 e. The molecule has 110 valence electrons. The monoisotopic (exact) mass is 303 g/mol. The van der Waals surface area contributed by atoms with E-state index in [1.54, 1.807) is 9.08 Å². The molecule has 0 bridgehead atoms. The molecule has 0 amide bonds. The Morgan fingerprint density at radius 2 is 1.95 bits per heavy atom. The van der Waals surface area contributed by atoms with Crippen LogP contribution in [0.15, 0.2) is 22.2 Å². The van der Waals surface area contributed by atoms with E-state index in [-0.39, 0.29) is 11.1 Å². The molecule has 0 aromatic carbocycles. The molecule has 0 aliphatic carbocycles. The van der Waals surface area contributed by atoms with E-state index in [4.69, 9.17) is 0 Å². The number of hydrogen-bond donors (Lipinski definition) is 0. The van der Waals surface area contributed by atoms with Gasteiger partial charge in [0.25, 0.3) is 11.3 Å². The molecule has 0 aliphatic rings. The van der Waals surface area contributed by atoms with Crippen molar-refractivity contribution >= 4 is 28.4 Å². The van der Waals surface area contributed by atoms with Crippen molar-refractivity contribution in [1.82, 2.24) is 24.1 Å². The molecular weight excluding hydrogens is 286 g/mol. The van der Waals surface area contributed by atoms with Crippen LogP contribution in [0.3, 0.4) is 0 Å². The number of rotatable bonds is 1. The Morgan fingerprint density at radius 3 is 2.57 bits per heavy atom. The van der Waals surface area contributed by atoms with E-state index in [0.29, 0.717) is 22.0 Å². The lowest BCUT2D eigenvalue weighted by molar-refractivity contribution is 0.386. The van der Waals surface area contributed by atoms with Crippen molar-refractivity contribution in [1.29, 1.82) is 0 Å². The third-order valence-electron chi connectivity index (χ3n) is 3.40. The number of hydrogen-bond acceptors (Lipinski definition) is 5. The normalized spacial score (nSPS) is 12.4. The molecule has 3 rings (SSSR count). The summed E-state index contributed by atoms with van der Waals surface area (Å²) in [6.07, 6.45) is 3.72. The van der Waals surface area contributed by atoms with Gasteiger partial charge in [-0.2, -0.15) is 9.50 Å². The number of pyridine rings is 1. The predicted molar refractivity (Wildman–Crippen MR) is 84.1 cm³/mol. The van der Waals surface area contributed by atoms with E-state index in [1.165, 1.54) is 11.8 Å². The summed E-state index contributed by atoms with van der Waals surface area (Å²) in [5.74, 6) is 0.525. The van der Waals surface area contributed by atoms with Crippen LogP contribution in [0.4, 0.5) is 0 Å². The van der Waals surface area contributed by atoms with Crippen molar-refractivity contribution in [2.24, 2.45) is 0 Å². The molecule has 6 nitrogen and oxygen atoms in total. The first-order valence-electron chi connectivity index (χ1n) is 6.66. The Hall–Kier alpha value is -1.89. The standard InChI is InChI=1S/C14H17N5OS/c1-8-10-9(6-7-18(11(10)20)14(2,3)4)19-12(15-8)16-13(17-19)21-5/h6-7H,1-5H3. The second kappa shape index (κ2) is 4.56. The van der Waals surface area contributed by atoms with Gasteiger partial charge in [0.1, 0.15) is 0 Å². The molecule has 3 aromatic heterocycles. The molecule has 3 heterocycles. The first kappa shape index (κ1) is 14.1. The van der Waals surface area contributed by atoms with Crippen LogP contribution in [0, 0.1) is 6.92 Å². The van der Waals surface area contributed by atoms with Gasteiger partial charge in [0.15, 0.2) is 0 Å². The lowest BCUT2D eigenvalue weighted by Crippen LogP contribution is -2.33. The minimum Gasteiger partial charge on any atom is -0.310 e. The average Bonchev–Trinajstić information content (AvgIpc) is 2.80. The number of thioether (sulfide) groups is 1. The van der Waals surface area contributed by atoms with Gasteiger partial charge in [-0.3, -0.25) is 4.79 Å². The molecule has 0 spiro atoms. The third kappa shape index (κ3) is 2.12. The lowest BCUT2D eigenvalue weighted by Gasteiger charge is -2.22. The lowest BCUT2D eigenvalue weighted by atomic mass is 10.1. The highest BCUT2D eigenvalue weighted by molar-refractivity contribution is 7.98. The van der Waals surface area contributed by atoms with Crippen LogP contribution in [0.1, 0.15) is 26.5 Å². The van der Waals surface area contributed by atoms with Crippen LogP contribution >= 0.6 is 11.8 Å². The fraction of sp³-hybridized carbons (Fsp3) is 0.429. The summed E-state index contributed by atoms with van der Waals surface area (Å²) >= 11 is 1.45. The van der Waals surface area contributed by atoms with Crippen LogP contribution in [-0.2, 0) is 5.54 Å². The smallest absolute Gasteiger partial charge is 0.262 e. The van der Waals surface area contributed by atoms with Gasteiger partial charge in [0, 0.05) is 11.7 Å². The zero-order chi connectivity index (χ0) is 15.4. The Kier molecular flexibility index (Phi) is 3.05. The van der Waals surface area contributed by atoms with Crippen molar-refractivity contribution < 1.29 is 0 Å². The fourth-order valence-electron chi connectivity index (χ4n) is 2.38. The van der Waals surface area contributed by atoms with E-state index in [2.05, 4.69) is 15.1 Å². The second-order valence-corrected chi connectivity index (χ2v) is 6.70. The molecule has 3 aromatic rings. The maximum Gasteiger partial charge on any atom is 0.262 e. The highest BCUT2D eigenvalue weighted by atomic mass is 32.2. The van der Waals surface area contributed by atoms with E-state index < -0.39 is 0 Å². The minimum atomic E-state index is -0.278. The van der Waals surface area contributed by atoms with Gasteiger partial charge in [0.2, 0.25) is 5.16 Å². The van der Waals surface area contributed by atoms with E-state index in [1.807, 2.05) is 46.2 Å². The average molecular weight is 303 g/mol. The van der Waals surface area contributed by atoms with Gasteiger partial charge >= 0.3 is 0 Å². The molecule has 7 heteroatoms. The summed E-state index contributed by atoms with van der Waals surface area (Å²) in [6, 6.07) is 1.91. The van der Waals surface area contributed by atoms with Crippen LogP contribution in [0.5, 0.6) is 0 Å². The van der Waals surface area contributed by atoms with E-state index in [0.717, 1.165) is 5.52 Å². The summed E-state index contributed by atoms with van der Waals surface area (Å²) in [5, 5.41) is 5.63. The molecule has 21 heavy (non-hydrogen) atoms. The molecular formula is C14H17N5OS. The molecule has 0 fully saturated rings. The molecule has 0 aliphatic heterocycles. The highest BCUT2D eigenvalue weighted by Gasteiger charge is 2.19. The van der Waals surface area contributed by atoms with Crippen molar-refractivity contribution in [3.63, 3.8) is 0 Å². The first-order chi connectivity index (χ1) is 9.82. The molecule has 0 atom stereocenters. The summed E-state index contributed by atoms with van der Waals surface area (Å²) in [7, 11) is 0. The van der Waals surface area contributed by atoms with Crippen LogP contribution in [0.2, 0.25) is 0 Å². The van der Waals surface area contributed by atoms with E-state index >= 15 is 0 Å². The Labute approximate surface area is 126 Å². The van der Waals surface area contributed by atoms with Gasteiger partial charge in [-0.15, -0.1) is 5.10 Å². The third-order valence-corrected chi connectivity index (χ3v) is 3.94. The van der Waals surface area contributed by atoms with Crippen molar-refractivity contribution in [2.75, 3.05) is 6.26 Å². The SMILES string of the molecule is CSc1nc2nc(C)c3c(=O)n(C(C)(C)C)ccc3n2n1. The summed E-state index contributed by atoms with van der Waals surface area (Å²) in [4.78, 5) is 21.5. The van der Waals surface area contributed by atoms with Crippen LogP contribution in [0.25, 0.3) is 16.7 Å². The maximum absolute atomic E-state index is 12.8. The van der Waals surface area contributed by atoms with Crippen LogP contribution < -0.4 is 5.56 Å². The van der Waals surface area contributed by atoms with Crippen molar-refractivity contribution in [3.8, 4) is 0 Å². The molecule has 0 radical (unpaired) electrons. The zero-order valence-corrected chi connectivity index (χ0v) is 13.5. The summed E-state index contributed by atoms with van der Waals surface area (Å²) in [6.45, 7) is 7.85. The molecule has 0 saturated carbocycles. The first-order valence-corrected chi connectivity index (χ1v) is 7.88.